The molecule has 1 aliphatic rings. The molecule has 0 unspecified atom stereocenters. The van der Waals surface area contributed by atoms with Crippen molar-refractivity contribution < 1.29 is 9.53 Å². The third-order valence-electron chi connectivity index (χ3n) is 3.73. The number of ether oxygens (including phenoxy) is 1. The van der Waals surface area contributed by atoms with Crippen LogP contribution in [-0.2, 0) is 4.74 Å². The van der Waals surface area contributed by atoms with Crippen LogP contribution in [-0.4, -0.2) is 18.1 Å². The Kier molecular flexibility index (Phi) is 2.90. The molecule has 98 valence electrons. The van der Waals surface area contributed by atoms with Crippen molar-refractivity contribution in [2.24, 2.45) is 0 Å². The molecule has 1 aromatic heterocycles. The predicted octanol–water partition coefficient (Wildman–Crippen LogP) is 3.65. The van der Waals surface area contributed by atoms with E-state index in [1.807, 2.05) is 12.1 Å². The molecular formula is C16H17NO2. The maximum absolute atomic E-state index is 11.9. The average molecular weight is 255 g/mol. The number of rotatable bonds is 3. The number of hydrogen-bond acceptors (Lipinski definition) is 2. The zero-order valence-corrected chi connectivity index (χ0v) is 11.2. The molecule has 0 bridgehead atoms. The Hall–Kier alpha value is -2.03. The molecule has 0 atom stereocenters. The SMILES string of the molecule is COC(=O)c1c[nH]c(-c2ccccc2C)c1C1CC1. The summed E-state index contributed by atoms with van der Waals surface area (Å²) in [6, 6.07) is 8.23. The molecule has 1 aromatic carbocycles. The molecule has 2 aromatic rings. The number of nitrogens with one attached hydrogen (secondary N) is 1. The van der Waals surface area contributed by atoms with Gasteiger partial charge in [-0.2, -0.15) is 0 Å². The van der Waals surface area contributed by atoms with Gasteiger partial charge in [0.05, 0.1) is 18.4 Å². The van der Waals surface area contributed by atoms with Gasteiger partial charge in [0.1, 0.15) is 0 Å². The highest BCUT2D eigenvalue weighted by Crippen LogP contribution is 2.46. The van der Waals surface area contributed by atoms with Crippen molar-refractivity contribution in [2.45, 2.75) is 25.7 Å². The van der Waals surface area contributed by atoms with Gasteiger partial charge in [-0.15, -0.1) is 0 Å². The fourth-order valence-corrected chi connectivity index (χ4v) is 2.59. The molecule has 0 spiro atoms. The number of carbonyl (C=O) groups is 1. The number of H-pyrrole nitrogens is 1. The summed E-state index contributed by atoms with van der Waals surface area (Å²) in [5, 5.41) is 0. The quantitative estimate of drug-likeness (QED) is 0.850. The largest absolute Gasteiger partial charge is 0.465 e. The van der Waals surface area contributed by atoms with Crippen LogP contribution >= 0.6 is 0 Å². The Labute approximate surface area is 112 Å². The smallest absolute Gasteiger partial charge is 0.339 e. The monoisotopic (exact) mass is 255 g/mol. The molecule has 19 heavy (non-hydrogen) atoms. The van der Waals surface area contributed by atoms with E-state index in [2.05, 4.69) is 24.0 Å². The predicted molar refractivity (Wildman–Crippen MR) is 74.3 cm³/mol. The highest BCUT2D eigenvalue weighted by atomic mass is 16.5. The van der Waals surface area contributed by atoms with Gasteiger partial charge >= 0.3 is 5.97 Å². The van der Waals surface area contributed by atoms with Gasteiger partial charge in [-0.1, -0.05) is 24.3 Å². The van der Waals surface area contributed by atoms with Crippen LogP contribution in [0.15, 0.2) is 30.5 Å². The second-order valence-electron chi connectivity index (χ2n) is 5.07. The molecular weight excluding hydrogens is 238 g/mol. The summed E-state index contributed by atoms with van der Waals surface area (Å²) in [4.78, 5) is 15.1. The Bertz CT molecular complexity index is 623. The topological polar surface area (TPSA) is 42.1 Å². The Balaban J connectivity index is 2.15. The van der Waals surface area contributed by atoms with Crippen LogP contribution in [0, 0.1) is 6.92 Å². The lowest BCUT2D eigenvalue weighted by Gasteiger charge is -2.08. The molecule has 0 aliphatic heterocycles. The lowest BCUT2D eigenvalue weighted by molar-refractivity contribution is 0.0600. The number of aromatic nitrogens is 1. The van der Waals surface area contributed by atoms with Gasteiger partial charge in [0.2, 0.25) is 0 Å². The van der Waals surface area contributed by atoms with E-state index in [-0.39, 0.29) is 5.97 Å². The number of benzene rings is 1. The lowest BCUT2D eigenvalue weighted by atomic mass is 9.98. The van der Waals surface area contributed by atoms with Crippen molar-refractivity contribution >= 4 is 5.97 Å². The van der Waals surface area contributed by atoms with Gasteiger partial charge < -0.3 is 9.72 Å². The molecule has 0 amide bonds. The van der Waals surface area contributed by atoms with Crippen molar-refractivity contribution in [1.29, 1.82) is 0 Å². The number of methoxy groups -OCH3 is 1. The van der Waals surface area contributed by atoms with E-state index < -0.39 is 0 Å². The van der Waals surface area contributed by atoms with Gasteiger partial charge in [0.15, 0.2) is 0 Å². The minimum atomic E-state index is -0.252. The van der Waals surface area contributed by atoms with Crippen molar-refractivity contribution in [2.75, 3.05) is 7.11 Å². The minimum Gasteiger partial charge on any atom is -0.465 e. The van der Waals surface area contributed by atoms with E-state index in [9.17, 15) is 4.79 Å². The first-order chi connectivity index (χ1) is 9.22. The number of esters is 1. The summed E-state index contributed by atoms with van der Waals surface area (Å²) in [6.45, 7) is 2.09. The number of aryl methyl sites for hydroxylation is 1. The first-order valence-corrected chi connectivity index (χ1v) is 6.58. The van der Waals surface area contributed by atoms with Gasteiger partial charge in [0.25, 0.3) is 0 Å². The van der Waals surface area contributed by atoms with Gasteiger partial charge in [0, 0.05) is 11.8 Å². The third kappa shape index (κ3) is 2.05. The zero-order chi connectivity index (χ0) is 13.4. The maximum atomic E-state index is 11.9. The lowest BCUT2D eigenvalue weighted by Crippen LogP contribution is -2.03. The van der Waals surface area contributed by atoms with E-state index in [4.69, 9.17) is 4.74 Å². The fourth-order valence-electron chi connectivity index (χ4n) is 2.59. The van der Waals surface area contributed by atoms with E-state index in [1.165, 1.54) is 18.2 Å². The van der Waals surface area contributed by atoms with Gasteiger partial charge in [-0.3, -0.25) is 0 Å². The van der Waals surface area contributed by atoms with Crippen LogP contribution in [0.25, 0.3) is 11.3 Å². The molecule has 0 saturated heterocycles. The Morgan fingerprint density at radius 1 is 1.32 bits per heavy atom. The van der Waals surface area contributed by atoms with Crippen molar-refractivity contribution in [3.63, 3.8) is 0 Å². The molecule has 1 saturated carbocycles. The molecule has 3 nitrogen and oxygen atoms in total. The zero-order valence-electron chi connectivity index (χ0n) is 11.2. The third-order valence-corrected chi connectivity index (χ3v) is 3.73. The van der Waals surface area contributed by atoms with Crippen LogP contribution in [0.3, 0.4) is 0 Å². The van der Waals surface area contributed by atoms with Crippen LogP contribution in [0.1, 0.15) is 40.2 Å². The van der Waals surface area contributed by atoms with Gasteiger partial charge in [-0.05, 0) is 36.8 Å². The molecule has 1 fully saturated rings. The summed E-state index contributed by atoms with van der Waals surface area (Å²) >= 11 is 0. The minimum absolute atomic E-state index is 0.252. The van der Waals surface area contributed by atoms with E-state index >= 15 is 0 Å². The standard InChI is InChI=1S/C16H17NO2/c1-10-5-3-4-6-12(10)15-14(11-7-8-11)13(9-17-15)16(18)19-2/h3-6,9,11,17H,7-8H2,1-2H3. The summed E-state index contributed by atoms with van der Waals surface area (Å²) in [5.74, 6) is 0.243. The highest BCUT2D eigenvalue weighted by Gasteiger charge is 2.32. The average Bonchev–Trinajstić information content (AvgIpc) is 3.18. The molecule has 3 rings (SSSR count). The molecule has 0 radical (unpaired) electrons. The molecule has 1 N–H and O–H groups in total. The summed E-state index contributed by atoms with van der Waals surface area (Å²) < 4.78 is 4.88. The maximum Gasteiger partial charge on any atom is 0.339 e. The second kappa shape index (κ2) is 4.57. The highest BCUT2D eigenvalue weighted by molar-refractivity contribution is 5.94. The van der Waals surface area contributed by atoms with E-state index in [0.717, 1.165) is 24.1 Å². The normalized spacial score (nSPS) is 14.4. The first-order valence-electron chi connectivity index (χ1n) is 6.58. The second-order valence-corrected chi connectivity index (χ2v) is 5.07. The molecule has 3 heteroatoms. The van der Waals surface area contributed by atoms with Crippen LogP contribution < -0.4 is 0 Å². The number of hydrogen-bond donors (Lipinski definition) is 1. The Morgan fingerprint density at radius 2 is 2.05 bits per heavy atom. The van der Waals surface area contributed by atoms with Crippen LogP contribution in [0.2, 0.25) is 0 Å². The summed E-state index contributed by atoms with van der Waals surface area (Å²) in [6.07, 6.45) is 4.09. The first kappa shape index (κ1) is 12.0. The van der Waals surface area contributed by atoms with Crippen LogP contribution in [0.4, 0.5) is 0 Å². The summed E-state index contributed by atoms with van der Waals surface area (Å²) in [5.41, 5.74) is 5.26. The van der Waals surface area contributed by atoms with E-state index in [1.54, 1.807) is 6.20 Å². The fraction of sp³-hybridized carbons (Fsp3) is 0.312. The Morgan fingerprint density at radius 3 is 2.68 bits per heavy atom. The van der Waals surface area contributed by atoms with Crippen molar-refractivity contribution in [3.8, 4) is 11.3 Å². The number of aromatic amines is 1. The van der Waals surface area contributed by atoms with Crippen LogP contribution in [0.5, 0.6) is 0 Å². The molecule has 1 aliphatic carbocycles. The van der Waals surface area contributed by atoms with Crippen molar-refractivity contribution in [3.05, 3.63) is 47.2 Å². The van der Waals surface area contributed by atoms with E-state index in [0.29, 0.717) is 11.5 Å². The summed E-state index contributed by atoms with van der Waals surface area (Å²) in [7, 11) is 1.43. The molecule has 1 heterocycles. The van der Waals surface area contributed by atoms with Crippen molar-refractivity contribution in [1.82, 2.24) is 4.98 Å². The van der Waals surface area contributed by atoms with Gasteiger partial charge in [-0.25, -0.2) is 4.79 Å². The number of carbonyl (C=O) groups excluding carboxylic acids is 1.